The van der Waals surface area contributed by atoms with Crippen molar-refractivity contribution in [2.75, 3.05) is 6.54 Å². The fourth-order valence-electron chi connectivity index (χ4n) is 5.58. The minimum absolute atomic E-state index is 0.0361. The molecule has 2 aliphatic heterocycles. The summed E-state index contributed by atoms with van der Waals surface area (Å²) in [6.45, 7) is 6.05. The molecule has 6 rings (SSSR count). The Labute approximate surface area is 180 Å². The number of carbonyl (C=O) groups is 4. The number of carbonyl (C=O) groups excluding carboxylic acids is 4. The van der Waals surface area contributed by atoms with Crippen LogP contribution in [0.1, 0.15) is 83.7 Å². The van der Waals surface area contributed by atoms with Crippen LogP contribution in [0.25, 0.3) is 0 Å². The maximum Gasteiger partial charge on any atom is 0.262 e. The molecule has 0 radical (unpaired) electrons. The van der Waals surface area contributed by atoms with Crippen molar-refractivity contribution >= 4 is 23.6 Å². The van der Waals surface area contributed by atoms with E-state index in [9.17, 15) is 19.2 Å². The quantitative estimate of drug-likeness (QED) is 0.694. The molecular formula is C25H24N2O4. The number of amides is 4. The van der Waals surface area contributed by atoms with E-state index in [2.05, 4.69) is 0 Å². The summed E-state index contributed by atoms with van der Waals surface area (Å²) in [7, 11) is 0. The highest BCUT2D eigenvalue weighted by Gasteiger charge is 2.49. The van der Waals surface area contributed by atoms with Crippen LogP contribution in [0, 0.1) is 5.92 Å². The number of benzene rings is 1. The van der Waals surface area contributed by atoms with Crippen LogP contribution in [0.15, 0.2) is 35.4 Å². The predicted octanol–water partition coefficient (Wildman–Crippen LogP) is 3.30. The molecule has 6 heteroatoms. The first-order chi connectivity index (χ1) is 14.7. The Bertz CT molecular complexity index is 1100. The maximum absolute atomic E-state index is 12.9. The Hall–Kier alpha value is -3.02. The monoisotopic (exact) mass is 416 g/mol. The van der Waals surface area contributed by atoms with Gasteiger partial charge in [0, 0.05) is 35.1 Å². The summed E-state index contributed by atoms with van der Waals surface area (Å²) in [6.07, 6.45) is 7.12. The molecular weight excluding hydrogens is 392 g/mol. The van der Waals surface area contributed by atoms with Gasteiger partial charge in [-0.2, -0.15) is 0 Å². The lowest BCUT2D eigenvalue weighted by atomic mass is 9.63. The lowest BCUT2D eigenvalue weighted by Gasteiger charge is -2.39. The standard InChI is InChI=1S/C25H24N2O4/c1-25(2,3)27-23(30)19-9-15-13-7-17-18(8-14(13)16(15)10-20(19)24(27)31)22(29)26(21(17)28)11-12-5-4-6-12/h7-10,12-14H,4-6,11H2,1-3H3. The molecule has 1 saturated carbocycles. The van der Waals surface area contributed by atoms with E-state index in [0.29, 0.717) is 34.7 Å². The summed E-state index contributed by atoms with van der Waals surface area (Å²) in [5.41, 5.74) is 3.21. The van der Waals surface area contributed by atoms with E-state index in [1.807, 2.05) is 45.1 Å². The van der Waals surface area contributed by atoms with Crippen molar-refractivity contribution in [2.45, 2.75) is 57.4 Å². The molecule has 158 valence electrons. The Morgan fingerprint density at radius 3 is 1.68 bits per heavy atom. The zero-order valence-electron chi connectivity index (χ0n) is 17.9. The summed E-state index contributed by atoms with van der Waals surface area (Å²) >= 11 is 0. The zero-order chi connectivity index (χ0) is 21.8. The van der Waals surface area contributed by atoms with E-state index in [-0.39, 0.29) is 35.5 Å². The minimum Gasteiger partial charge on any atom is -0.274 e. The third-order valence-corrected chi connectivity index (χ3v) is 7.47. The van der Waals surface area contributed by atoms with E-state index in [0.717, 1.165) is 24.0 Å². The van der Waals surface area contributed by atoms with E-state index < -0.39 is 5.54 Å². The summed E-state index contributed by atoms with van der Waals surface area (Å²) in [4.78, 5) is 54.5. The van der Waals surface area contributed by atoms with Crippen molar-refractivity contribution in [1.29, 1.82) is 0 Å². The van der Waals surface area contributed by atoms with Crippen LogP contribution in [-0.2, 0) is 9.59 Å². The number of hydrogen-bond acceptors (Lipinski definition) is 4. The van der Waals surface area contributed by atoms with Gasteiger partial charge in [-0.1, -0.05) is 18.6 Å². The highest BCUT2D eigenvalue weighted by Crippen LogP contribution is 2.55. The molecule has 2 heterocycles. The SMILES string of the molecule is CC(C)(C)N1C(=O)c2cc3c(cc2C1=O)C1C=C2C(=O)N(CC4CCC4)C(=O)C2=CC31. The highest BCUT2D eigenvalue weighted by atomic mass is 16.2. The first-order valence-corrected chi connectivity index (χ1v) is 11.0. The highest BCUT2D eigenvalue weighted by molar-refractivity contribution is 6.25. The third-order valence-electron chi connectivity index (χ3n) is 7.47. The molecule has 0 aromatic heterocycles. The molecule has 1 aromatic carbocycles. The van der Waals surface area contributed by atoms with E-state index in [1.165, 1.54) is 16.2 Å². The summed E-state index contributed by atoms with van der Waals surface area (Å²) in [5.74, 6) is -0.566. The molecule has 6 nitrogen and oxygen atoms in total. The fraction of sp³-hybridized carbons (Fsp3) is 0.440. The number of hydrogen-bond donors (Lipinski definition) is 0. The molecule has 1 saturated heterocycles. The molecule has 5 aliphatic rings. The first kappa shape index (κ1) is 18.7. The van der Waals surface area contributed by atoms with Crippen molar-refractivity contribution in [1.82, 2.24) is 9.80 Å². The van der Waals surface area contributed by atoms with Gasteiger partial charge in [0.15, 0.2) is 0 Å². The Morgan fingerprint density at radius 2 is 1.29 bits per heavy atom. The van der Waals surface area contributed by atoms with Gasteiger partial charge in [-0.3, -0.25) is 29.0 Å². The van der Waals surface area contributed by atoms with Gasteiger partial charge >= 0.3 is 0 Å². The van der Waals surface area contributed by atoms with Gasteiger partial charge in [0.05, 0.1) is 11.1 Å². The molecule has 2 fully saturated rings. The van der Waals surface area contributed by atoms with E-state index >= 15 is 0 Å². The lowest BCUT2D eigenvalue weighted by molar-refractivity contribution is -0.137. The zero-order valence-corrected chi connectivity index (χ0v) is 17.9. The smallest absolute Gasteiger partial charge is 0.262 e. The Kier molecular flexibility index (Phi) is 3.51. The maximum atomic E-state index is 12.9. The van der Waals surface area contributed by atoms with Gasteiger partial charge in [-0.25, -0.2) is 0 Å². The van der Waals surface area contributed by atoms with Crippen molar-refractivity contribution < 1.29 is 19.2 Å². The molecule has 0 N–H and O–H groups in total. The van der Waals surface area contributed by atoms with Crippen molar-refractivity contribution in [3.8, 4) is 0 Å². The second-order valence-electron chi connectivity index (χ2n) is 10.4. The number of fused-ring (bicyclic) bond motifs is 6. The van der Waals surface area contributed by atoms with Gasteiger partial charge in [0.25, 0.3) is 23.6 Å². The van der Waals surface area contributed by atoms with Crippen LogP contribution in [0.4, 0.5) is 0 Å². The van der Waals surface area contributed by atoms with Gasteiger partial charge in [-0.15, -0.1) is 0 Å². The third kappa shape index (κ3) is 2.33. The number of nitrogens with zero attached hydrogens (tertiary/aromatic N) is 2. The predicted molar refractivity (Wildman–Crippen MR) is 112 cm³/mol. The van der Waals surface area contributed by atoms with Crippen LogP contribution in [0.3, 0.4) is 0 Å². The van der Waals surface area contributed by atoms with Crippen molar-refractivity contribution in [2.24, 2.45) is 5.92 Å². The molecule has 0 bridgehead atoms. The molecule has 31 heavy (non-hydrogen) atoms. The summed E-state index contributed by atoms with van der Waals surface area (Å²) in [5, 5.41) is 0. The van der Waals surface area contributed by atoms with Crippen molar-refractivity contribution in [3.63, 3.8) is 0 Å². The van der Waals surface area contributed by atoms with Crippen molar-refractivity contribution in [3.05, 3.63) is 57.7 Å². The van der Waals surface area contributed by atoms with Crippen LogP contribution in [0.5, 0.6) is 0 Å². The van der Waals surface area contributed by atoms with Gasteiger partial charge < -0.3 is 0 Å². The number of rotatable bonds is 2. The minimum atomic E-state index is -0.599. The van der Waals surface area contributed by atoms with Crippen LogP contribution in [0.2, 0.25) is 0 Å². The Morgan fingerprint density at radius 1 is 0.806 bits per heavy atom. The summed E-state index contributed by atoms with van der Waals surface area (Å²) in [6, 6.07) is 3.64. The first-order valence-electron chi connectivity index (χ1n) is 11.0. The van der Waals surface area contributed by atoms with E-state index in [1.54, 1.807) is 0 Å². The lowest BCUT2D eigenvalue weighted by Crippen LogP contribution is -2.45. The average molecular weight is 416 g/mol. The average Bonchev–Trinajstić information content (AvgIpc) is 3.05. The van der Waals surface area contributed by atoms with Crippen LogP contribution < -0.4 is 0 Å². The molecule has 3 aliphatic carbocycles. The molecule has 0 spiro atoms. The normalized spacial score (nSPS) is 26.7. The fourth-order valence-corrected chi connectivity index (χ4v) is 5.58. The number of allylic oxidation sites excluding steroid dienone is 2. The molecule has 2 atom stereocenters. The van der Waals surface area contributed by atoms with E-state index in [4.69, 9.17) is 0 Å². The van der Waals surface area contributed by atoms with Crippen LogP contribution >= 0.6 is 0 Å². The second-order valence-corrected chi connectivity index (χ2v) is 10.4. The number of likely N-dealkylation sites (tertiary alicyclic amines) is 1. The second kappa shape index (κ2) is 5.81. The van der Waals surface area contributed by atoms with Gasteiger partial charge in [-0.05, 0) is 62.8 Å². The van der Waals surface area contributed by atoms with Crippen LogP contribution in [-0.4, -0.2) is 45.5 Å². The molecule has 1 aromatic rings. The van der Waals surface area contributed by atoms with Gasteiger partial charge in [0.2, 0.25) is 0 Å². The summed E-state index contributed by atoms with van der Waals surface area (Å²) < 4.78 is 0. The number of imide groups is 2. The Balaban J connectivity index is 1.37. The van der Waals surface area contributed by atoms with Gasteiger partial charge in [0.1, 0.15) is 0 Å². The molecule has 2 unspecified atom stereocenters. The largest absolute Gasteiger partial charge is 0.274 e. The molecule has 4 amide bonds. The topological polar surface area (TPSA) is 74.8 Å².